The van der Waals surface area contributed by atoms with Gasteiger partial charge in [-0.1, -0.05) is 20.8 Å². The fourth-order valence-electron chi connectivity index (χ4n) is 3.07. The normalized spacial score (nSPS) is 17.4. The van der Waals surface area contributed by atoms with Crippen molar-refractivity contribution in [2.75, 3.05) is 4.90 Å². The van der Waals surface area contributed by atoms with Crippen molar-refractivity contribution in [2.24, 2.45) is 5.41 Å². The third-order valence-corrected chi connectivity index (χ3v) is 4.44. The Bertz CT molecular complexity index is 984. The summed E-state index contributed by atoms with van der Waals surface area (Å²) in [6, 6.07) is 11.0. The second-order valence-corrected chi connectivity index (χ2v) is 7.53. The number of carbonyl (C=O) groups excluding carboxylic acids is 2. The molecule has 2 aromatic rings. The lowest BCUT2D eigenvalue weighted by molar-refractivity contribution is -0.123. The molecule has 6 heteroatoms. The van der Waals surface area contributed by atoms with Gasteiger partial charge < -0.3 is 9.52 Å². The van der Waals surface area contributed by atoms with Gasteiger partial charge in [-0.3, -0.25) is 14.5 Å². The van der Waals surface area contributed by atoms with Crippen molar-refractivity contribution in [3.05, 3.63) is 64.8 Å². The molecule has 0 bridgehead atoms. The highest BCUT2D eigenvalue weighted by Crippen LogP contribution is 2.43. The standard InChI is InChI=1S/C21H20N2O4/c1-12-5-10-15(27-12)17-16(19(25)21(2,3)4)18(24)20(26)23(17)14-8-6-13(11-22)7-9-14/h5-10,17,24H,1-4H3. The summed E-state index contributed by atoms with van der Waals surface area (Å²) in [5.41, 5.74) is 0.135. The van der Waals surface area contributed by atoms with Crippen LogP contribution in [0.5, 0.6) is 0 Å². The topological polar surface area (TPSA) is 94.5 Å². The summed E-state index contributed by atoms with van der Waals surface area (Å²) >= 11 is 0. The molecule has 1 aliphatic heterocycles. The maximum atomic E-state index is 13.0. The van der Waals surface area contributed by atoms with Crippen LogP contribution in [0.2, 0.25) is 0 Å². The molecule has 1 atom stereocenters. The van der Waals surface area contributed by atoms with Crippen LogP contribution in [0, 0.1) is 23.7 Å². The van der Waals surface area contributed by atoms with E-state index < -0.39 is 23.1 Å². The van der Waals surface area contributed by atoms with Gasteiger partial charge in [-0.25, -0.2) is 0 Å². The first kappa shape index (κ1) is 18.5. The number of Topliss-reactive ketones (excluding diaryl/α,β-unsaturated/α-hetero) is 1. The molecule has 0 fully saturated rings. The van der Waals surface area contributed by atoms with Crippen LogP contribution in [-0.4, -0.2) is 16.8 Å². The largest absolute Gasteiger partial charge is 0.503 e. The maximum Gasteiger partial charge on any atom is 0.294 e. The molecular weight excluding hydrogens is 344 g/mol. The lowest BCUT2D eigenvalue weighted by atomic mass is 9.83. The third kappa shape index (κ3) is 3.13. The molecule has 0 saturated carbocycles. The number of anilines is 1. The lowest BCUT2D eigenvalue weighted by Gasteiger charge is -2.27. The fraction of sp³-hybridized carbons (Fsp3) is 0.286. The summed E-state index contributed by atoms with van der Waals surface area (Å²) in [5.74, 6) is -0.554. The van der Waals surface area contributed by atoms with Crippen molar-refractivity contribution in [3.8, 4) is 6.07 Å². The second kappa shape index (κ2) is 6.44. The van der Waals surface area contributed by atoms with Crippen molar-refractivity contribution in [1.29, 1.82) is 5.26 Å². The van der Waals surface area contributed by atoms with Crippen LogP contribution in [0.15, 0.2) is 52.1 Å². The lowest BCUT2D eigenvalue weighted by Crippen LogP contribution is -2.32. The Morgan fingerprint density at radius 2 is 1.81 bits per heavy atom. The molecule has 0 spiro atoms. The minimum absolute atomic E-state index is 0.0196. The number of ketones is 1. The first-order valence-corrected chi connectivity index (χ1v) is 8.53. The Labute approximate surface area is 157 Å². The number of nitrogens with zero attached hydrogens (tertiary/aromatic N) is 2. The van der Waals surface area contributed by atoms with Crippen LogP contribution in [0.4, 0.5) is 5.69 Å². The van der Waals surface area contributed by atoms with E-state index in [1.807, 2.05) is 6.07 Å². The summed E-state index contributed by atoms with van der Waals surface area (Å²) < 4.78 is 5.71. The SMILES string of the molecule is Cc1ccc(C2C(C(=O)C(C)(C)C)=C(O)C(=O)N2c2ccc(C#N)cc2)o1. The highest BCUT2D eigenvalue weighted by Gasteiger charge is 2.48. The molecule has 1 aromatic carbocycles. The number of rotatable bonds is 3. The predicted molar refractivity (Wildman–Crippen MR) is 98.9 cm³/mol. The van der Waals surface area contributed by atoms with Crippen LogP contribution in [-0.2, 0) is 9.59 Å². The van der Waals surface area contributed by atoms with Crippen molar-refractivity contribution in [1.82, 2.24) is 0 Å². The van der Waals surface area contributed by atoms with E-state index in [1.165, 1.54) is 4.90 Å². The zero-order chi connectivity index (χ0) is 19.9. The second-order valence-electron chi connectivity index (χ2n) is 7.53. The van der Waals surface area contributed by atoms with Crippen LogP contribution < -0.4 is 4.90 Å². The fourth-order valence-corrected chi connectivity index (χ4v) is 3.07. The van der Waals surface area contributed by atoms with Gasteiger partial charge in [-0.05, 0) is 43.3 Å². The maximum absolute atomic E-state index is 13.0. The van der Waals surface area contributed by atoms with E-state index in [2.05, 4.69) is 0 Å². The summed E-state index contributed by atoms with van der Waals surface area (Å²) in [4.78, 5) is 27.2. The first-order valence-electron chi connectivity index (χ1n) is 8.53. The van der Waals surface area contributed by atoms with Gasteiger partial charge in [0.15, 0.2) is 11.5 Å². The number of benzene rings is 1. The number of amides is 1. The molecule has 1 amide bonds. The van der Waals surface area contributed by atoms with Gasteiger partial charge in [0, 0.05) is 11.1 Å². The number of carbonyl (C=O) groups is 2. The number of aliphatic hydroxyl groups excluding tert-OH is 1. The summed E-state index contributed by atoms with van der Waals surface area (Å²) in [6.45, 7) is 6.96. The zero-order valence-electron chi connectivity index (χ0n) is 15.6. The summed E-state index contributed by atoms with van der Waals surface area (Å²) in [5, 5.41) is 19.5. The van der Waals surface area contributed by atoms with Crippen molar-refractivity contribution in [2.45, 2.75) is 33.7 Å². The van der Waals surface area contributed by atoms with Gasteiger partial charge in [0.05, 0.1) is 17.2 Å². The van der Waals surface area contributed by atoms with E-state index in [0.29, 0.717) is 22.8 Å². The molecule has 2 heterocycles. The number of aryl methyl sites for hydroxylation is 1. The van der Waals surface area contributed by atoms with E-state index in [4.69, 9.17) is 9.68 Å². The molecule has 6 nitrogen and oxygen atoms in total. The Kier molecular flexibility index (Phi) is 4.40. The average Bonchev–Trinajstić information content (AvgIpc) is 3.15. The number of furan rings is 1. The van der Waals surface area contributed by atoms with Crippen LogP contribution in [0.1, 0.15) is 43.9 Å². The summed E-state index contributed by atoms with van der Waals surface area (Å²) in [7, 11) is 0. The highest BCUT2D eigenvalue weighted by atomic mass is 16.3. The third-order valence-electron chi connectivity index (χ3n) is 4.44. The van der Waals surface area contributed by atoms with Crippen LogP contribution in [0.3, 0.4) is 0 Å². The van der Waals surface area contributed by atoms with Crippen molar-refractivity contribution in [3.63, 3.8) is 0 Å². The van der Waals surface area contributed by atoms with Gasteiger partial charge in [-0.15, -0.1) is 0 Å². The first-order chi connectivity index (χ1) is 12.6. The Hall–Kier alpha value is -3.33. The zero-order valence-corrected chi connectivity index (χ0v) is 15.6. The number of nitriles is 1. The van der Waals surface area contributed by atoms with E-state index >= 15 is 0 Å². The average molecular weight is 364 g/mol. The van der Waals surface area contributed by atoms with E-state index in [9.17, 15) is 14.7 Å². The Morgan fingerprint density at radius 1 is 1.19 bits per heavy atom. The molecular formula is C21H20N2O4. The molecule has 138 valence electrons. The molecule has 1 N–H and O–H groups in total. The van der Waals surface area contributed by atoms with Gasteiger partial charge in [-0.2, -0.15) is 5.26 Å². The molecule has 27 heavy (non-hydrogen) atoms. The molecule has 0 aliphatic carbocycles. The highest BCUT2D eigenvalue weighted by molar-refractivity contribution is 6.17. The predicted octanol–water partition coefficient (Wildman–Crippen LogP) is 3.97. The van der Waals surface area contributed by atoms with Crippen molar-refractivity contribution < 1.29 is 19.1 Å². The van der Waals surface area contributed by atoms with Gasteiger partial charge in [0.25, 0.3) is 5.91 Å². The molecule has 1 aromatic heterocycles. The minimum atomic E-state index is -0.870. The molecule has 1 aliphatic rings. The van der Waals surface area contributed by atoms with Gasteiger partial charge in [0.1, 0.15) is 17.6 Å². The number of hydrogen-bond donors (Lipinski definition) is 1. The minimum Gasteiger partial charge on any atom is -0.503 e. The molecule has 3 rings (SSSR count). The van der Waals surface area contributed by atoms with E-state index in [0.717, 1.165) is 0 Å². The number of hydrogen-bond acceptors (Lipinski definition) is 5. The van der Waals surface area contributed by atoms with E-state index in [1.54, 1.807) is 64.1 Å². The monoisotopic (exact) mass is 364 g/mol. The summed E-state index contributed by atoms with van der Waals surface area (Å²) in [6.07, 6.45) is 0. The van der Waals surface area contributed by atoms with Crippen LogP contribution in [0.25, 0.3) is 0 Å². The van der Waals surface area contributed by atoms with Crippen LogP contribution >= 0.6 is 0 Å². The molecule has 0 radical (unpaired) electrons. The quantitative estimate of drug-likeness (QED) is 0.889. The Balaban J connectivity index is 2.17. The van der Waals surface area contributed by atoms with Gasteiger partial charge in [0.2, 0.25) is 0 Å². The smallest absolute Gasteiger partial charge is 0.294 e. The van der Waals surface area contributed by atoms with E-state index in [-0.39, 0.29) is 11.4 Å². The van der Waals surface area contributed by atoms with Crippen molar-refractivity contribution >= 4 is 17.4 Å². The van der Waals surface area contributed by atoms with Gasteiger partial charge >= 0.3 is 0 Å². The number of aliphatic hydroxyl groups is 1. The molecule has 0 saturated heterocycles. The molecule has 1 unspecified atom stereocenters. The Morgan fingerprint density at radius 3 is 2.30 bits per heavy atom.